The molecule has 0 fully saturated rings. The standard InChI is InChI=1S/C10H19N2Si/c1-3-5-8-12-10-6-9-11(13-12)7-4-2/h6,9-10H,3-5,7-8H2,1-2H3/q+1. The minimum atomic E-state index is 0.825. The molecule has 0 aliphatic carbocycles. The summed E-state index contributed by atoms with van der Waals surface area (Å²) in [5.74, 6) is 0. The van der Waals surface area contributed by atoms with Crippen molar-refractivity contribution < 1.29 is 4.24 Å². The summed E-state index contributed by atoms with van der Waals surface area (Å²) < 4.78 is 4.81. The van der Waals surface area contributed by atoms with Gasteiger partial charge in [0.15, 0.2) is 0 Å². The van der Waals surface area contributed by atoms with Crippen LogP contribution in [0, 0.1) is 0 Å². The lowest BCUT2D eigenvalue weighted by Crippen LogP contribution is -2.36. The molecule has 0 aromatic heterocycles. The summed E-state index contributed by atoms with van der Waals surface area (Å²) in [6.45, 7) is 6.87. The molecule has 1 aliphatic heterocycles. The average Bonchev–Trinajstić information content (AvgIpc) is 2.16. The van der Waals surface area contributed by atoms with E-state index in [0.717, 1.165) is 9.84 Å². The minimum Gasteiger partial charge on any atom is -0.343 e. The highest BCUT2D eigenvalue weighted by atomic mass is 28.2. The van der Waals surface area contributed by atoms with Gasteiger partial charge in [-0.3, -0.25) is 4.24 Å². The van der Waals surface area contributed by atoms with Crippen molar-refractivity contribution in [1.29, 1.82) is 0 Å². The van der Waals surface area contributed by atoms with Gasteiger partial charge < -0.3 is 4.57 Å². The Morgan fingerprint density at radius 3 is 2.85 bits per heavy atom. The fraction of sp³-hybridized carbons (Fsp3) is 0.700. The lowest BCUT2D eigenvalue weighted by Gasteiger charge is -2.16. The maximum absolute atomic E-state index is 2.42. The van der Waals surface area contributed by atoms with Gasteiger partial charge in [-0.2, -0.15) is 0 Å². The second kappa shape index (κ2) is 5.97. The summed E-state index contributed by atoms with van der Waals surface area (Å²) in [4.78, 5) is 0. The van der Waals surface area contributed by atoms with Crippen molar-refractivity contribution in [3.63, 3.8) is 0 Å². The van der Waals surface area contributed by atoms with Crippen LogP contribution < -0.4 is 0 Å². The third kappa shape index (κ3) is 3.76. The molecule has 13 heavy (non-hydrogen) atoms. The number of hydrogen-bond acceptors (Lipinski definition) is 1. The molecule has 1 rings (SSSR count). The number of allylic oxidation sites excluding steroid dienone is 1. The quantitative estimate of drug-likeness (QED) is 0.605. The molecule has 3 heteroatoms. The van der Waals surface area contributed by atoms with E-state index in [1.165, 1.54) is 32.4 Å². The summed E-state index contributed by atoms with van der Waals surface area (Å²) in [7, 11) is 0.825. The van der Waals surface area contributed by atoms with Crippen LogP contribution in [0.2, 0.25) is 0 Å². The van der Waals surface area contributed by atoms with Crippen LogP contribution in [-0.4, -0.2) is 38.0 Å². The lowest BCUT2D eigenvalue weighted by molar-refractivity contribution is -0.384. The molecule has 0 saturated carbocycles. The van der Waals surface area contributed by atoms with E-state index in [0.29, 0.717) is 0 Å². The SMILES string of the molecule is CCCCN1C=CC=[N+](CCC)[Si]1. The molecule has 1 aliphatic rings. The van der Waals surface area contributed by atoms with Gasteiger partial charge in [0.2, 0.25) is 0 Å². The molecule has 2 radical (unpaired) electrons. The van der Waals surface area contributed by atoms with Gasteiger partial charge in [-0.15, -0.1) is 0 Å². The zero-order chi connectivity index (χ0) is 9.52. The molecule has 0 saturated heterocycles. The first kappa shape index (κ1) is 10.5. The Morgan fingerprint density at radius 2 is 2.15 bits per heavy atom. The van der Waals surface area contributed by atoms with Crippen molar-refractivity contribution in [1.82, 2.24) is 4.57 Å². The van der Waals surface area contributed by atoms with E-state index in [9.17, 15) is 0 Å². The molecule has 0 amide bonds. The first-order valence-corrected chi connectivity index (χ1v) is 6.07. The topological polar surface area (TPSA) is 6.25 Å². The lowest BCUT2D eigenvalue weighted by atomic mass is 10.3. The van der Waals surface area contributed by atoms with Crippen LogP contribution in [0.4, 0.5) is 0 Å². The van der Waals surface area contributed by atoms with E-state index in [-0.39, 0.29) is 0 Å². The van der Waals surface area contributed by atoms with Gasteiger partial charge in [0, 0.05) is 25.2 Å². The van der Waals surface area contributed by atoms with Gasteiger partial charge in [-0.1, -0.05) is 20.3 Å². The highest BCUT2D eigenvalue weighted by Crippen LogP contribution is 1.98. The summed E-state index contributed by atoms with van der Waals surface area (Å²) in [5.41, 5.74) is 0. The molecule has 0 spiro atoms. The molecule has 0 N–H and O–H groups in total. The molecule has 0 bridgehead atoms. The molecule has 0 aromatic carbocycles. The molecular weight excluding hydrogens is 176 g/mol. The third-order valence-electron chi connectivity index (χ3n) is 2.01. The van der Waals surface area contributed by atoms with Crippen LogP contribution in [0.5, 0.6) is 0 Å². The Labute approximate surface area is 83.9 Å². The van der Waals surface area contributed by atoms with Gasteiger partial charge in [0.05, 0.1) is 0 Å². The second-order valence-electron chi connectivity index (χ2n) is 3.33. The van der Waals surface area contributed by atoms with Crippen molar-refractivity contribution >= 4 is 16.1 Å². The molecule has 0 unspecified atom stereocenters. The number of hydrogen-bond donors (Lipinski definition) is 0. The van der Waals surface area contributed by atoms with E-state index in [1.54, 1.807) is 0 Å². The summed E-state index contributed by atoms with van der Waals surface area (Å²) >= 11 is 0. The number of nitrogens with zero attached hydrogens (tertiary/aromatic N) is 2. The largest absolute Gasteiger partial charge is 0.643 e. The van der Waals surface area contributed by atoms with Gasteiger partial charge in [0.1, 0.15) is 12.8 Å². The second-order valence-corrected chi connectivity index (χ2v) is 4.68. The van der Waals surface area contributed by atoms with E-state index < -0.39 is 0 Å². The van der Waals surface area contributed by atoms with E-state index in [2.05, 4.69) is 41.1 Å². The summed E-state index contributed by atoms with van der Waals surface area (Å²) in [5, 5.41) is 0. The van der Waals surface area contributed by atoms with Crippen molar-refractivity contribution in [2.24, 2.45) is 0 Å². The maximum Gasteiger partial charge on any atom is 0.643 e. The van der Waals surface area contributed by atoms with Gasteiger partial charge in [0.25, 0.3) is 0 Å². The van der Waals surface area contributed by atoms with Gasteiger partial charge >= 0.3 is 9.84 Å². The first-order valence-electron chi connectivity index (χ1n) is 5.18. The van der Waals surface area contributed by atoms with Crippen LogP contribution >= 0.6 is 0 Å². The van der Waals surface area contributed by atoms with Gasteiger partial charge in [-0.25, -0.2) is 0 Å². The highest BCUT2D eigenvalue weighted by Gasteiger charge is 2.18. The monoisotopic (exact) mass is 195 g/mol. The van der Waals surface area contributed by atoms with E-state index in [1.807, 2.05) is 0 Å². The summed E-state index contributed by atoms with van der Waals surface area (Å²) in [6.07, 6.45) is 10.4. The predicted octanol–water partition coefficient (Wildman–Crippen LogP) is 1.64. The van der Waals surface area contributed by atoms with Crippen molar-refractivity contribution in [3.05, 3.63) is 12.3 Å². The molecule has 2 nitrogen and oxygen atoms in total. The Morgan fingerprint density at radius 1 is 1.31 bits per heavy atom. The summed E-state index contributed by atoms with van der Waals surface area (Å²) in [6, 6.07) is 0. The Hall–Kier alpha value is -0.573. The maximum atomic E-state index is 2.42. The molecule has 0 aromatic rings. The average molecular weight is 195 g/mol. The molecule has 1 heterocycles. The molecule has 72 valence electrons. The van der Waals surface area contributed by atoms with E-state index >= 15 is 0 Å². The molecular formula is C10H19N2Si+. The Kier molecular flexibility index (Phi) is 4.82. The zero-order valence-corrected chi connectivity index (χ0v) is 9.66. The molecule has 0 atom stereocenters. The number of rotatable bonds is 5. The van der Waals surface area contributed by atoms with Crippen molar-refractivity contribution in [2.75, 3.05) is 13.1 Å². The minimum absolute atomic E-state index is 0.825. The fourth-order valence-electron chi connectivity index (χ4n) is 1.30. The van der Waals surface area contributed by atoms with Gasteiger partial charge in [-0.05, 0) is 6.42 Å². The van der Waals surface area contributed by atoms with Crippen LogP contribution in [0.15, 0.2) is 12.3 Å². The van der Waals surface area contributed by atoms with Crippen LogP contribution in [0.1, 0.15) is 33.1 Å². The zero-order valence-electron chi connectivity index (χ0n) is 8.66. The van der Waals surface area contributed by atoms with Crippen molar-refractivity contribution in [3.8, 4) is 0 Å². The van der Waals surface area contributed by atoms with Crippen molar-refractivity contribution in [2.45, 2.75) is 33.1 Å². The highest BCUT2D eigenvalue weighted by molar-refractivity contribution is 6.24. The fourth-order valence-corrected chi connectivity index (χ4v) is 2.51. The smallest absolute Gasteiger partial charge is 0.343 e. The number of unbranched alkanes of at least 4 members (excludes halogenated alkanes) is 1. The van der Waals surface area contributed by atoms with Crippen LogP contribution in [0.25, 0.3) is 0 Å². The van der Waals surface area contributed by atoms with E-state index in [4.69, 9.17) is 0 Å². The first-order chi connectivity index (χ1) is 6.36. The predicted molar refractivity (Wildman–Crippen MR) is 58.0 cm³/mol. The Bertz CT molecular complexity index is 199. The Balaban J connectivity index is 2.31. The normalized spacial score (nSPS) is 16.2. The third-order valence-corrected chi connectivity index (χ3v) is 3.27. The van der Waals surface area contributed by atoms with Crippen LogP contribution in [0.3, 0.4) is 0 Å². The van der Waals surface area contributed by atoms with Crippen LogP contribution in [-0.2, 0) is 0 Å².